The standard InChI is InChI=1S/C24H25ClN4O2S/c25-18-10-8-17(9-11-18)22-27-28-24(29(22)15-20-7-4-14-31-20)32-21(16-5-2-1-3-6-16)23(30)26-19-12-13-19/h1-3,5-6,8-11,19-21H,4,7,12-15H2,(H,26,30)/t20-,21-/m0/s1. The number of thioether (sulfide) groups is 1. The molecule has 2 aliphatic rings. The van der Waals surface area contributed by atoms with Crippen molar-refractivity contribution in [2.75, 3.05) is 6.61 Å². The van der Waals surface area contributed by atoms with Crippen LogP contribution in [0.4, 0.5) is 0 Å². The average molecular weight is 469 g/mol. The summed E-state index contributed by atoms with van der Waals surface area (Å²) >= 11 is 7.53. The number of rotatable bonds is 8. The average Bonchev–Trinajstić information content (AvgIpc) is 3.31. The van der Waals surface area contributed by atoms with Gasteiger partial charge in [-0.05, 0) is 55.5 Å². The first-order chi connectivity index (χ1) is 15.7. The van der Waals surface area contributed by atoms with Crippen molar-refractivity contribution >= 4 is 29.3 Å². The van der Waals surface area contributed by atoms with Crippen LogP contribution in [-0.4, -0.2) is 39.4 Å². The van der Waals surface area contributed by atoms with Crippen molar-refractivity contribution in [1.29, 1.82) is 0 Å². The van der Waals surface area contributed by atoms with Gasteiger partial charge in [-0.25, -0.2) is 0 Å². The lowest BCUT2D eigenvalue weighted by molar-refractivity contribution is -0.120. The summed E-state index contributed by atoms with van der Waals surface area (Å²) < 4.78 is 7.99. The molecule has 0 bridgehead atoms. The Morgan fingerprint density at radius 1 is 1.12 bits per heavy atom. The Hall–Kier alpha value is -2.35. The van der Waals surface area contributed by atoms with Gasteiger partial charge >= 0.3 is 0 Å². The summed E-state index contributed by atoms with van der Waals surface area (Å²) in [6.07, 6.45) is 4.28. The third-order valence-electron chi connectivity index (χ3n) is 5.72. The van der Waals surface area contributed by atoms with Gasteiger partial charge in [0.2, 0.25) is 5.91 Å². The highest BCUT2D eigenvalue weighted by Crippen LogP contribution is 2.37. The minimum Gasteiger partial charge on any atom is -0.376 e. The Labute approximate surface area is 196 Å². The molecule has 1 saturated heterocycles. The summed E-state index contributed by atoms with van der Waals surface area (Å²) in [5, 5.41) is 13.1. The minimum absolute atomic E-state index is 0.0170. The van der Waals surface area contributed by atoms with E-state index in [1.54, 1.807) is 0 Å². The summed E-state index contributed by atoms with van der Waals surface area (Å²) in [6.45, 7) is 1.43. The SMILES string of the molecule is O=C(NC1CC1)[C@@H](Sc1nnc(-c2ccc(Cl)cc2)n1C[C@@H]1CCCO1)c1ccccc1. The van der Waals surface area contributed by atoms with E-state index in [2.05, 4.69) is 20.1 Å². The van der Waals surface area contributed by atoms with Gasteiger partial charge in [-0.1, -0.05) is 53.7 Å². The van der Waals surface area contributed by atoms with Crippen molar-refractivity contribution in [1.82, 2.24) is 20.1 Å². The van der Waals surface area contributed by atoms with Crippen LogP contribution in [0.15, 0.2) is 59.8 Å². The summed E-state index contributed by atoms with van der Waals surface area (Å²) in [4.78, 5) is 13.1. The molecule has 2 heterocycles. The number of carbonyl (C=O) groups excluding carboxylic acids is 1. The number of benzene rings is 2. The zero-order valence-electron chi connectivity index (χ0n) is 17.6. The van der Waals surface area contributed by atoms with E-state index in [-0.39, 0.29) is 12.0 Å². The molecule has 0 unspecified atom stereocenters. The molecule has 1 N–H and O–H groups in total. The Morgan fingerprint density at radius 3 is 2.59 bits per heavy atom. The summed E-state index contributed by atoms with van der Waals surface area (Å²) in [7, 11) is 0. The van der Waals surface area contributed by atoms with Crippen LogP contribution >= 0.6 is 23.4 Å². The molecule has 2 atom stereocenters. The topological polar surface area (TPSA) is 69.0 Å². The fourth-order valence-corrected chi connectivity index (χ4v) is 5.04. The second-order valence-corrected chi connectivity index (χ2v) is 9.76. The van der Waals surface area contributed by atoms with Crippen LogP contribution in [0.1, 0.15) is 36.5 Å². The minimum atomic E-state index is -0.401. The third kappa shape index (κ3) is 5.00. The van der Waals surface area contributed by atoms with E-state index in [4.69, 9.17) is 16.3 Å². The molecule has 3 aromatic rings. The van der Waals surface area contributed by atoms with Crippen molar-refractivity contribution in [2.24, 2.45) is 0 Å². The maximum atomic E-state index is 13.1. The molecule has 166 valence electrons. The first kappa shape index (κ1) is 21.5. The molecule has 8 heteroatoms. The van der Waals surface area contributed by atoms with Gasteiger partial charge in [0.25, 0.3) is 0 Å². The number of carbonyl (C=O) groups is 1. The van der Waals surface area contributed by atoms with Crippen molar-refractivity contribution in [3.63, 3.8) is 0 Å². The Morgan fingerprint density at radius 2 is 1.91 bits per heavy atom. The van der Waals surface area contributed by atoms with Gasteiger partial charge < -0.3 is 10.1 Å². The van der Waals surface area contributed by atoms with Gasteiger partial charge in [-0.2, -0.15) is 0 Å². The first-order valence-electron chi connectivity index (χ1n) is 11.0. The van der Waals surface area contributed by atoms with E-state index in [0.29, 0.717) is 22.8 Å². The molecular weight excluding hydrogens is 444 g/mol. The predicted molar refractivity (Wildman–Crippen MR) is 126 cm³/mol. The quantitative estimate of drug-likeness (QED) is 0.477. The van der Waals surface area contributed by atoms with Gasteiger partial charge in [-0.3, -0.25) is 9.36 Å². The summed E-state index contributed by atoms with van der Waals surface area (Å²) in [5.74, 6) is 0.775. The highest BCUT2D eigenvalue weighted by molar-refractivity contribution is 8.00. The lowest BCUT2D eigenvalue weighted by Gasteiger charge is -2.19. The van der Waals surface area contributed by atoms with E-state index < -0.39 is 5.25 Å². The lowest BCUT2D eigenvalue weighted by Crippen LogP contribution is -2.30. The molecule has 1 aliphatic heterocycles. The van der Waals surface area contributed by atoms with Crippen LogP contribution in [0.2, 0.25) is 5.02 Å². The van der Waals surface area contributed by atoms with E-state index >= 15 is 0 Å². The van der Waals surface area contributed by atoms with Crippen molar-refractivity contribution in [3.05, 3.63) is 65.2 Å². The molecule has 5 rings (SSSR count). The fraction of sp³-hybridized carbons (Fsp3) is 0.375. The van der Waals surface area contributed by atoms with Gasteiger partial charge in [0.15, 0.2) is 11.0 Å². The van der Waals surface area contributed by atoms with Crippen LogP contribution in [0.25, 0.3) is 11.4 Å². The molecule has 6 nitrogen and oxygen atoms in total. The Balaban J connectivity index is 1.48. The lowest BCUT2D eigenvalue weighted by atomic mass is 10.1. The number of amides is 1. The molecule has 2 aromatic carbocycles. The predicted octanol–water partition coefficient (Wildman–Crippen LogP) is 4.89. The smallest absolute Gasteiger partial charge is 0.238 e. The van der Waals surface area contributed by atoms with Crippen LogP contribution in [-0.2, 0) is 16.1 Å². The molecule has 1 saturated carbocycles. The monoisotopic (exact) mass is 468 g/mol. The summed E-state index contributed by atoms with van der Waals surface area (Å²) in [6, 6.07) is 17.8. The molecule has 1 aliphatic carbocycles. The second-order valence-electron chi connectivity index (χ2n) is 8.25. The normalized spacial score (nSPS) is 19.1. The largest absolute Gasteiger partial charge is 0.376 e. The maximum Gasteiger partial charge on any atom is 0.238 e. The fourth-order valence-electron chi connectivity index (χ4n) is 3.86. The van der Waals surface area contributed by atoms with Crippen LogP contribution in [0.3, 0.4) is 0 Å². The van der Waals surface area contributed by atoms with Gasteiger partial charge in [0.05, 0.1) is 12.6 Å². The maximum absolute atomic E-state index is 13.1. The highest BCUT2D eigenvalue weighted by Gasteiger charge is 2.31. The van der Waals surface area contributed by atoms with E-state index in [1.165, 1.54) is 11.8 Å². The molecule has 32 heavy (non-hydrogen) atoms. The number of nitrogens with one attached hydrogen (secondary N) is 1. The van der Waals surface area contributed by atoms with E-state index in [0.717, 1.165) is 49.2 Å². The second kappa shape index (κ2) is 9.65. The molecular formula is C24H25ClN4O2S. The van der Waals surface area contributed by atoms with Crippen molar-refractivity contribution < 1.29 is 9.53 Å². The first-order valence-corrected chi connectivity index (χ1v) is 12.3. The zero-order valence-corrected chi connectivity index (χ0v) is 19.2. The van der Waals surface area contributed by atoms with Gasteiger partial charge in [0, 0.05) is 23.2 Å². The number of nitrogens with zero attached hydrogens (tertiary/aromatic N) is 3. The Kier molecular flexibility index (Phi) is 6.48. The summed E-state index contributed by atoms with van der Waals surface area (Å²) in [5.41, 5.74) is 1.89. The van der Waals surface area contributed by atoms with E-state index in [1.807, 2.05) is 54.6 Å². The number of halogens is 1. The van der Waals surface area contributed by atoms with Crippen LogP contribution < -0.4 is 5.32 Å². The van der Waals surface area contributed by atoms with Crippen molar-refractivity contribution in [3.8, 4) is 11.4 Å². The molecule has 1 aromatic heterocycles. The van der Waals surface area contributed by atoms with E-state index in [9.17, 15) is 4.79 Å². The number of ether oxygens (including phenoxy) is 1. The Bertz CT molecular complexity index is 1060. The van der Waals surface area contributed by atoms with Crippen LogP contribution in [0, 0.1) is 0 Å². The number of aromatic nitrogens is 3. The van der Waals surface area contributed by atoms with Gasteiger partial charge in [0.1, 0.15) is 5.25 Å². The molecule has 1 amide bonds. The molecule has 2 fully saturated rings. The van der Waals surface area contributed by atoms with Crippen molar-refractivity contribution in [2.45, 2.75) is 54.8 Å². The highest BCUT2D eigenvalue weighted by atomic mass is 35.5. The third-order valence-corrected chi connectivity index (χ3v) is 7.20. The number of hydrogen-bond donors (Lipinski definition) is 1. The zero-order chi connectivity index (χ0) is 21.9. The number of hydrogen-bond acceptors (Lipinski definition) is 5. The van der Waals surface area contributed by atoms with Gasteiger partial charge in [-0.15, -0.1) is 10.2 Å². The van der Waals surface area contributed by atoms with Crippen LogP contribution in [0.5, 0.6) is 0 Å². The molecule has 0 radical (unpaired) electrons. The molecule has 0 spiro atoms.